The second-order valence-corrected chi connectivity index (χ2v) is 8.53. The van der Waals surface area contributed by atoms with Gasteiger partial charge < -0.3 is 14.6 Å². The van der Waals surface area contributed by atoms with Crippen LogP contribution in [0.3, 0.4) is 0 Å². The fraction of sp³-hybridized carbons (Fsp3) is 0.391. The number of carboxylic acid groups (broad SMARTS) is 1. The van der Waals surface area contributed by atoms with Crippen LogP contribution in [0.1, 0.15) is 26.2 Å². The van der Waals surface area contributed by atoms with E-state index >= 15 is 0 Å². The molecule has 1 fully saturated rings. The number of hydrogen-bond acceptors (Lipinski definition) is 6. The average molecular weight is 427 g/mol. The summed E-state index contributed by atoms with van der Waals surface area (Å²) in [4.78, 5) is 18.1. The van der Waals surface area contributed by atoms with Gasteiger partial charge in [-0.05, 0) is 55.7 Å². The summed E-state index contributed by atoms with van der Waals surface area (Å²) in [5.41, 5.74) is 0.936. The first-order chi connectivity index (χ1) is 14.6. The van der Waals surface area contributed by atoms with Crippen LogP contribution in [-0.4, -0.2) is 46.7 Å². The van der Waals surface area contributed by atoms with Crippen molar-refractivity contribution in [2.75, 3.05) is 19.7 Å². The number of fused-ring (bicyclic) bond motifs is 1. The Hall–Kier alpha value is -2.64. The van der Waals surface area contributed by atoms with Crippen LogP contribution in [0.25, 0.3) is 10.2 Å². The van der Waals surface area contributed by atoms with Crippen molar-refractivity contribution in [2.24, 2.45) is 5.92 Å². The molecule has 1 aliphatic carbocycles. The molecular formula is C23H26N2O4S. The SMILES string of the molecule is CCC(CN(CCOc1ccc(Oc2nc3ccccc3s2)cc1)C1CC1)C(=O)O. The molecule has 1 unspecified atom stereocenters. The molecule has 0 spiro atoms. The van der Waals surface area contributed by atoms with Gasteiger partial charge in [0, 0.05) is 19.1 Å². The zero-order valence-electron chi connectivity index (χ0n) is 17.0. The average Bonchev–Trinajstić information content (AvgIpc) is 3.51. The number of carboxylic acids is 1. The van der Waals surface area contributed by atoms with Gasteiger partial charge in [-0.3, -0.25) is 9.69 Å². The molecule has 1 aromatic heterocycles. The van der Waals surface area contributed by atoms with E-state index < -0.39 is 5.97 Å². The van der Waals surface area contributed by atoms with Gasteiger partial charge in [0.25, 0.3) is 5.19 Å². The predicted octanol–water partition coefficient (Wildman–Crippen LogP) is 5.04. The molecule has 0 bridgehead atoms. The van der Waals surface area contributed by atoms with Gasteiger partial charge in [0.05, 0.1) is 16.1 Å². The van der Waals surface area contributed by atoms with Crippen molar-refractivity contribution in [3.05, 3.63) is 48.5 Å². The number of carbonyl (C=O) groups is 1. The van der Waals surface area contributed by atoms with E-state index in [1.54, 1.807) is 0 Å². The molecule has 1 aliphatic rings. The molecule has 1 atom stereocenters. The molecule has 2 aromatic carbocycles. The van der Waals surface area contributed by atoms with Gasteiger partial charge in [0.1, 0.15) is 18.1 Å². The molecule has 158 valence electrons. The standard InChI is InChI=1S/C23H26N2O4S/c1-2-16(22(26)27)15-25(17-7-8-17)13-14-28-18-9-11-19(12-10-18)29-23-24-20-5-3-4-6-21(20)30-23/h3-6,9-12,16-17H,2,7-8,13-15H2,1H3,(H,26,27). The van der Waals surface area contributed by atoms with Gasteiger partial charge in [-0.1, -0.05) is 30.4 Å². The van der Waals surface area contributed by atoms with Crippen LogP contribution in [0.2, 0.25) is 0 Å². The summed E-state index contributed by atoms with van der Waals surface area (Å²) in [7, 11) is 0. The predicted molar refractivity (Wildman–Crippen MR) is 118 cm³/mol. The maximum absolute atomic E-state index is 11.3. The summed E-state index contributed by atoms with van der Waals surface area (Å²) in [5.74, 6) is 0.457. The monoisotopic (exact) mass is 426 g/mol. The Balaban J connectivity index is 1.28. The van der Waals surface area contributed by atoms with Gasteiger partial charge in [-0.2, -0.15) is 0 Å². The van der Waals surface area contributed by atoms with Gasteiger partial charge in [0.2, 0.25) is 0 Å². The van der Waals surface area contributed by atoms with Crippen LogP contribution in [0.4, 0.5) is 0 Å². The van der Waals surface area contributed by atoms with Crippen molar-refractivity contribution in [1.82, 2.24) is 9.88 Å². The van der Waals surface area contributed by atoms with Crippen LogP contribution in [-0.2, 0) is 4.79 Å². The number of aromatic nitrogens is 1. The molecule has 1 N–H and O–H groups in total. The van der Waals surface area contributed by atoms with Crippen LogP contribution in [0.15, 0.2) is 48.5 Å². The summed E-state index contributed by atoms with van der Waals surface area (Å²) in [6, 6.07) is 16.0. The lowest BCUT2D eigenvalue weighted by atomic mass is 10.1. The van der Waals surface area contributed by atoms with Crippen molar-refractivity contribution in [3.63, 3.8) is 0 Å². The van der Waals surface area contributed by atoms with E-state index in [2.05, 4.69) is 9.88 Å². The van der Waals surface area contributed by atoms with Crippen molar-refractivity contribution in [2.45, 2.75) is 32.2 Å². The number of thiazole rings is 1. The van der Waals surface area contributed by atoms with Gasteiger partial charge >= 0.3 is 5.97 Å². The van der Waals surface area contributed by atoms with Crippen molar-refractivity contribution in [1.29, 1.82) is 0 Å². The molecule has 0 radical (unpaired) electrons. The molecule has 1 heterocycles. The molecule has 6 nitrogen and oxygen atoms in total. The Morgan fingerprint density at radius 3 is 2.60 bits per heavy atom. The number of rotatable bonds is 11. The van der Waals surface area contributed by atoms with Crippen LogP contribution >= 0.6 is 11.3 Å². The quantitative estimate of drug-likeness (QED) is 0.463. The Morgan fingerprint density at radius 2 is 1.93 bits per heavy atom. The fourth-order valence-electron chi connectivity index (χ4n) is 3.41. The topological polar surface area (TPSA) is 71.9 Å². The highest BCUT2D eigenvalue weighted by Crippen LogP contribution is 2.32. The minimum atomic E-state index is -0.715. The third-order valence-corrected chi connectivity index (χ3v) is 6.22. The second kappa shape index (κ2) is 9.45. The minimum Gasteiger partial charge on any atom is -0.492 e. The number of para-hydroxylation sites is 1. The zero-order valence-corrected chi connectivity index (χ0v) is 17.8. The third-order valence-electron chi connectivity index (χ3n) is 5.31. The smallest absolute Gasteiger partial charge is 0.307 e. The first kappa shape index (κ1) is 20.6. The van der Waals surface area contributed by atoms with E-state index in [-0.39, 0.29) is 5.92 Å². The summed E-state index contributed by atoms with van der Waals surface area (Å²) >= 11 is 1.52. The molecule has 1 saturated carbocycles. The summed E-state index contributed by atoms with van der Waals surface area (Å²) in [6.07, 6.45) is 2.94. The van der Waals surface area contributed by atoms with Gasteiger partial charge in [0.15, 0.2) is 0 Å². The summed E-state index contributed by atoms with van der Waals surface area (Å²) in [5, 5.41) is 9.95. The first-order valence-corrected chi connectivity index (χ1v) is 11.2. The molecule has 0 saturated heterocycles. The lowest BCUT2D eigenvalue weighted by Gasteiger charge is -2.25. The Kier molecular flexibility index (Phi) is 6.50. The highest BCUT2D eigenvalue weighted by atomic mass is 32.1. The first-order valence-electron chi connectivity index (χ1n) is 10.4. The lowest BCUT2D eigenvalue weighted by molar-refractivity contribution is -0.142. The van der Waals surface area contributed by atoms with E-state index in [4.69, 9.17) is 9.47 Å². The molecule has 7 heteroatoms. The largest absolute Gasteiger partial charge is 0.492 e. The number of hydrogen-bond donors (Lipinski definition) is 1. The Labute approximate surface area is 180 Å². The fourth-order valence-corrected chi connectivity index (χ4v) is 4.24. The van der Waals surface area contributed by atoms with E-state index in [1.807, 2.05) is 55.5 Å². The maximum Gasteiger partial charge on any atom is 0.307 e. The lowest BCUT2D eigenvalue weighted by Crippen LogP contribution is -2.37. The molecule has 0 amide bonds. The van der Waals surface area contributed by atoms with Crippen LogP contribution in [0, 0.1) is 5.92 Å². The number of ether oxygens (including phenoxy) is 2. The highest BCUT2D eigenvalue weighted by molar-refractivity contribution is 7.20. The summed E-state index contributed by atoms with van der Waals surface area (Å²) < 4.78 is 12.9. The molecule has 0 aliphatic heterocycles. The second-order valence-electron chi connectivity index (χ2n) is 7.54. The normalized spacial score (nSPS) is 14.7. The van der Waals surface area contributed by atoms with E-state index in [0.717, 1.165) is 35.4 Å². The van der Waals surface area contributed by atoms with Crippen molar-refractivity contribution in [3.8, 4) is 16.7 Å². The molecule has 3 aromatic rings. The van der Waals surface area contributed by atoms with Crippen LogP contribution in [0.5, 0.6) is 16.7 Å². The highest BCUT2D eigenvalue weighted by Gasteiger charge is 2.31. The summed E-state index contributed by atoms with van der Waals surface area (Å²) in [6.45, 7) is 3.79. The van der Waals surface area contributed by atoms with Gasteiger partial charge in [-0.25, -0.2) is 4.98 Å². The molecule has 30 heavy (non-hydrogen) atoms. The minimum absolute atomic E-state index is 0.315. The Bertz CT molecular complexity index is 951. The molecule has 4 rings (SSSR count). The van der Waals surface area contributed by atoms with Gasteiger partial charge in [-0.15, -0.1) is 0 Å². The van der Waals surface area contributed by atoms with Crippen LogP contribution < -0.4 is 9.47 Å². The number of nitrogens with zero attached hydrogens (tertiary/aromatic N) is 2. The third kappa shape index (κ3) is 5.29. The zero-order chi connectivity index (χ0) is 20.9. The molecular weight excluding hydrogens is 400 g/mol. The van der Waals surface area contributed by atoms with E-state index in [0.29, 0.717) is 36.6 Å². The van der Waals surface area contributed by atoms with E-state index in [9.17, 15) is 9.90 Å². The Morgan fingerprint density at radius 1 is 1.20 bits per heavy atom. The number of benzene rings is 2. The number of aliphatic carboxylic acids is 1. The maximum atomic E-state index is 11.3. The van der Waals surface area contributed by atoms with Crippen molar-refractivity contribution < 1.29 is 19.4 Å². The van der Waals surface area contributed by atoms with E-state index in [1.165, 1.54) is 11.3 Å². The van der Waals surface area contributed by atoms with Crippen molar-refractivity contribution >= 4 is 27.5 Å².